The molecule has 1 aliphatic heterocycles. The van der Waals surface area contributed by atoms with Gasteiger partial charge in [-0.2, -0.15) is 0 Å². The predicted octanol–water partition coefficient (Wildman–Crippen LogP) is 2.63. The lowest BCUT2D eigenvalue weighted by atomic mass is 9.93. The summed E-state index contributed by atoms with van der Waals surface area (Å²) in [6.07, 6.45) is 3.27. The number of urea groups is 1. The van der Waals surface area contributed by atoms with Gasteiger partial charge in [0.1, 0.15) is 11.5 Å². The van der Waals surface area contributed by atoms with Gasteiger partial charge in [-0.25, -0.2) is 14.8 Å². The molecule has 8 nitrogen and oxygen atoms in total. The maximum atomic E-state index is 12.6. The van der Waals surface area contributed by atoms with Gasteiger partial charge in [0.15, 0.2) is 0 Å². The molecule has 3 N–H and O–H groups in total. The molecule has 0 radical (unpaired) electrons. The summed E-state index contributed by atoms with van der Waals surface area (Å²) in [4.78, 5) is 23.2. The van der Waals surface area contributed by atoms with Crippen LogP contribution < -0.4 is 20.5 Å². The Hall–Kier alpha value is -3.03. The molecule has 1 aromatic carbocycles. The molecule has 28 heavy (non-hydrogen) atoms. The van der Waals surface area contributed by atoms with Gasteiger partial charge < -0.3 is 25.4 Å². The number of benzene rings is 1. The van der Waals surface area contributed by atoms with Crippen molar-refractivity contribution in [3.05, 3.63) is 29.0 Å². The summed E-state index contributed by atoms with van der Waals surface area (Å²) in [7, 11) is 3.25. The number of nitrogens with zero attached hydrogens (tertiary/aromatic N) is 3. The minimum atomic E-state index is -0.0688. The number of nitrogens with one attached hydrogen (secondary N) is 1. The summed E-state index contributed by atoms with van der Waals surface area (Å²) >= 11 is 0. The van der Waals surface area contributed by atoms with Crippen LogP contribution in [0.1, 0.15) is 36.1 Å². The maximum absolute atomic E-state index is 12.6. The van der Waals surface area contributed by atoms with E-state index in [0.717, 1.165) is 41.0 Å². The van der Waals surface area contributed by atoms with Crippen LogP contribution in [0.3, 0.4) is 0 Å². The number of ether oxygens (including phenoxy) is 2. The zero-order valence-corrected chi connectivity index (χ0v) is 16.4. The Kier molecular flexibility index (Phi) is 4.70. The van der Waals surface area contributed by atoms with E-state index in [4.69, 9.17) is 15.2 Å². The van der Waals surface area contributed by atoms with Gasteiger partial charge in [0.05, 0.1) is 38.7 Å². The molecule has 0 bridgehead atoms. The Balaban J connectivity index is 1.71. The molecule has 8 heteroatoms. The number of nitrogen functional groups attached to an aromatic ring is 1. The zero-order chi connectivity index (χ0) is 19.8. The quantitative estimate of drug-likeness (QED) is 0.841. The maximum Gasteiger partial charge on any atom is 0.318 e. The number of carbonyl (C=O) groups excluding carboxylic acids is 1. The van der Waals surface area contributed by atoms with E-state index in [2.05, 4.69) is 15.3 Å². The van der Waals surface area contributed by atoms with E-state index in [1.807, 2.05) is 19.1 Å². The first kappa shape index (κ1) is 18.3. The van der Waals surface area contributed by atoms with Crippen molar-refractivity contribution in [2.24, 2.45) is 0 Å². The summed E-state index contributed by atoms with van der Waals surface area (Å²) in [5.74, 6) is 1.59. The molecule has 1 aromatic heterocycles. The number of anilines is 1. The SMILES string of the molecule is COc1cc(-c2nc(N)nc3c2CN(C(=O)NC2CCC2)C3)c(OC)cc1C. The first-order valence-corrected chi connectivity index (χ1v) is 9.44. The number of carbonyl (C=O) groups is 1. The summed E-state index contributed by atoms with van der Waals surface area (Å²) in [6, 6.07) is 4.02. The third-order valence-electron chi connectivity index (χ3n) is 5.49. The monoisotopic (exact) mass is 383 g/mol. The minimum absolute atomic E-state index is 0.0688. The highest BCUT2D eigenvalue weighted by molar-refractivity contribution is 5.78. The molecular weight excluding hydrogens is 358 g/mol. The minimum Gasteiger partial charge on any atom is -0.496 e. The number of amides is 2. The topological polar surface area (TPSA) is 103 Å². The van der Waals surface area contributed by atoms with Crippen molar-refractivity contribution in [2.45, 2.75) is 45.3 Å². The smallest absolute Gasteiger partial charge is 0.318 e. The lowest BCUT2D eigenvalue weighted by molar-refractivity contribution is 0.186. The van der Waals surface area contributed by atoms with Gasteiger partial charge in [-0.1, -0.05) is 0 Å². The van der Waals surface area contributed by atoms with Gasteiger partial charge in [-0.3, -0.25) is 0 Å². The highest BCUT2D eigenvalue weighted by Crippen LogP contribution is 2.39. The summed E-state index contributed by atoms with van der Waals surface area (Å²) in [5.41, 5.74) is 10.1. The van der Waals surface area contributed by atoms with E-state index in [0.29, 0.717) is 24.5 Å². The standard InChI is InChI=1S/C20H25N5O3/c1-11-7-17(28-3)13(8-16(11)27-2)18-14-9-25(10-15(14)23-19(21)24-18)20(26)22-12-5-4-6-12/h7-8,12H,4-6,9-10H2,1-3H3,(H,22,26)(H2,21,23,24). The van der Waals surface area contributed by atoms with Crippen LogP contribution in [-0.4, -0.2) is 41.2 Å². The van der Waals surface area contributed by atoms with E-state index in [9.17, 15) is 4.79 Å². The van der Waals surface area contributed by atoms with Crippen molar-refractivity contribution in [2.75, 3.05) is 20.0 Å². The summed E-state index contributed by atoms with van der Waals surface area (Å²) < 4.78 is 11.1. The normalized spacial score (nSPS) is 15.8. The Morgan fingerprint density at radius 3 is 2.57 bits per heavy atom. The van der Waals surface area contributed by atoms with Gasteiger partial charge in [-0.15, -0.1) is 0 Å². The van der Waals surface area contributed by atoms with Crippen LogP contribution in [0.5, 0.6) is 11.5 Å². The van der Waals surface area contributed by atoms with E-state index in [1.165, 1.54) is 6.42 Å². The molecule has 2 amide bonds. The van der Waals surface area contributed by atoms with Crippen molar-refractivity contribution in [3.8, 4) is 22.8 Å². The molecule has 2 heterocycles. The molecule has 2 aliphatic rings. The van der Waals surface area contributed by atoms with Crippen LogP contribution in [0, 0.1) is 6.92 Å². The second kappa shape index (κ2) is 7.18. The molecule has 4 rings (SSSR count). The molecular formula is C20H25N5O3. The van der Waals surface area contributed by atoms with Crippen LogP contribution in [0.2, 0.25) is 0 Å². The second-order valence-electron chi connectivity index (χ2n) is 7.31. The Labute approximate surface area is 164 Å². The van der Waals surface area contributed by atoms with Crippen LogP contribution in [0.25, 0.3) is 11.3 Å². The van der Waals surface area contributed by atoms with Gasteiger partial charge in [0.2, 0.25) is 5.95 Å². The molecule has 0 unspecified atom stereocenters. The van der Waals surface area contributed by atoms with Crippen molar-refractivity contribution < 1.29 is 14.3 Å². The lowest BCUT2D eigenvalue weighted by Gasteiger charge is -2.28. The fraction of sp³-hybridized carbons (Fsp3) is 0.450. The number of nitrogens with two attached hydrogens (primary N) is 1. The van der Waals surface area contributed by atoms with Gasteiger partial charge >= 0.3 is 6.03 Å². The second-order valence-corrected chi connectivity index (χ2v) is 7.31. The molecule has 148 valence electrons. The van der Waals surface area contributed by atoms with Gasteiger partial charge in [0.25, 0.3) is 0 Å². The number of hydrogen-bond acceptors (Lipinski definition) is 6. The average Bonchev–Trinajstić information content (AvgIpc) is 3.07. The largest absolute Gasteiger partial charge is 0.496 e. The zero-order valence-electron chi connectivity index (χ0n) is 16.4. The Morgan fingerprint density at radius 2 is 1.93 bits per heavy atom. The first-order valence-electron chi connectivity index (χ1n) is 9.44. The number of fused-ring (bicyclic) bond motifs is 1. The Morgan fingerprint density at radius 1 is 1.18 bits per heavy atom. The van der Waals surface area contributed by atoms with Gasteiger partial charge in [0, 0.05) is 17.2 Å². The van der Waals surface area contributed by atoms with Crippen LogP contribution in [0.4, 0.5) is 10.7 Å². The van der Waals surface area contributed by atoms with Crippen molar-refractivity contribution >= 4 is 12.0 Å². The molecule has 1 aliphatic carbocycles. The molecule has 0 spiro atoms. The average molecular weight is 383 g/mol. The molecule has 1 fully saturated rings. The lowest BCUT2D eigenvalue weighted by Crippen LogP contribution is -2.45. The van der Waals surface area contributed by atoms with E-state index in [1.54, 1.807) is 19.1 Å². The summed E-state index contributed by atoms with van der Waals surface area (Å²) in [6.45, 7) is 2.80. The number of methoxy groups -OCH3 is 2. The van der Waals surface area contributed by atoms with E-state index in [-0.39, 0.29) is 18.0 Å². The van der Waals surface area contributed by atoms with Crippen LogP contribution in [-0.2, 0) is 13.1 Å². The van der Waals surface area contributed by atoms with Crippen LogP contribution >= 0.6 is 0 Å². The first-order chi connectivity index (χ1) is 13.5. The molecule has 1 saturated carbocycles. The van der Waals surface area contributed by atoms with Crippen molar-refractivity contribution in [3.63, 3.8) is 0 Å². The van der Waals surface area contributed by atoms with E-state index >= 15 is 0 Å². The van der Waals surface area contributed by atoms with Crippen LogP contribution in [0.15, 0.2) is 12.1 Å². The van der Waals surface area contributed by atoms with Crippen molar-refractivity contribution in [1.82, 2.24) is 20.2 Å². The molecule has 0 saturated heterocycles. The third-order valence-corrected chi connectivity index (χ3v) is 5.49. The fourth-order valence-electron chi connectivity index (χ4n) is 3.69. The van der Waals surface area contributed by atoms with Gasteiger partial charge in [-0.05, 0) is 43.9 Å². The number of rotatable bonds is 4. The summed E-state index contributed by atoms with van der Waals surface area (Å²) in [5, 5.41) is 3.08. The predicted molar refractivity (Wildman–Crippen MR) is 105 cm³/mol. The highest BCUT2D eigenvalue weighted by Gasteiger charge is 2.31. The number of aromatic nitrogens is 2. The molecule has 0 atom stereocenters. The molecule has 2 aromatic rings. The third kappa shape index (κ3) is 3.19. The fourth-order valence-corrected chi connectivity index (χ4v) is 3.69. The Bertz CT molecular complexity index is 927. The highest BCUT2D eigenvalue weighted by atomic mass is 16.5. The number of aryl methyl sites for hydroxylation is 1. The van der Waals surface area contributed by atoms with Crippen molar-refractivity contribution in [1.29, 1.82) is 0 Å². The number of hydrogen-bond donors (Lipinski definition) is 2. The van der Waals surface area contributed by atoms with E-state index < -0.39 is 0 Å².